The zero-order valence-electron chi connectivity index (χ0n) is 7.48. The maximum Gasteiger partial charge on any atom is 0.107 e. The van der Waals surface area contributed by atoms with E-state index >= 15 is 0 Å². The number of alkyl halides is 1. The summed E-state index contributed by atoms with van der Waals surface area (Å²) >= 11 is 23.6. The van der Waals surface area contributed by atoms with Crippen LogP contribution in [0.2, 0.25) is 0 Å². The van der Waals surface area contributed by atoms with Gasteiger partial charge < -0.3 is 0 Å². The van der Waals surface area contributed by atoms with Crippen LogP contribution in [-0.4, -0.2) is 4.87 Å². The van der Waals surface area contributed by atoms with Crippen molar-refractivity contribution in [1.29, 1.82) is 10.5 Å². The van der Waals surface area contributed by atoms with Crippen molar-refractivity contribution in [2.24, 2.45) is 5.92 Å². The Balaban J connectivity index is 3.51. The average Bonchev–Trinajstić information content (AvgIpc) is 2.17. The Bertz CT molecular complexity index is 448. The lowest BCUT2D eigenvalue weighted by Gasteiger charge is -2.31. The van der Waals surface area contributed by atoms with Gasteiger partial charge in [-0.2, -0.15) is 10.5 Å². The number of nitrogens with zero attached hydrogens (tertiary/aromatic N) is 2. The number of hydrogen-bond acceptors (Lipinski definition) is 2. The van der Waals surface area contributed by atoms with Crippen molar-refractivity contribution in [3.63, 3.8) is 0 Å². The number of rotatable bonds is 0. The number of allylic oxidation sites excluding steroid dienone is 4. The van der Waals surface area contributed by atoms with Crippen molar-refractivity contribution in [2.75, 3.05) is 0 Å². The second kappa shape index (κ2) is 4.24. The fourth-order valence-electron chi connectivity index (χ4n) is 1.23. The van der Waals surface area contributed by atoms with Crippen molar-refractivity contribution < 1.29 is 0 Å². The number of halogens is 4. The van der Waals surface area contributed by atoms with E-state index in [4.69, 9.17) is 56.9 Å². The van der Waals surface area contributed by atoms with Crippen LogP contribution in [0.3, 0.4) is 0 Å². The molecule has 0 N–H and O–H groups in total. The topological polar surface area (TPSA) is 47.6 Å². The van der Waals surface area contributed by atoms with Crippen LogP contribution in [0.25, 0.3) is 0 Å². The molecule has 1 rings (SSSR count). The van der Waals surface area contributed by atoms with Gasteiger partial charge in [-0.15, -0.1) is 11.6 Å². The molecule has 0 fully saturated rings. The summed E-state index contributed by atoms with van der Waals surface area (Å²) in [6.07, 6.45) is 0. The molecule has 0 aliphatic heterocycles. The molecule has 0 aromatic heterocycles. The summed E-state index contributed by atoms with van der Waals surface area (Å²) in [7, 11) is 0. The summed E-state index contributed by atoms with van der Waals surface area (Å²) in [4.78, 5) is -1.21. The molecule has 2 unspecified atom stereocenters. The smallest absolute Gasteiger partial charge is 0.107 e. The third-order valence-electron chi connectivity index (χ3n) is 2.11. The molecule has 2 nitrogen and oxygen atoms in total. The second-order valence-corrected chi connectivity index (χ2v) is 5.05. The van der Waals surface area contributed by atoms with Crippen LogP contribution in [0, 0.1) is 28.6 Å². The van der Waals surface area contributed by atoms with Crippen LogP contribution in [0.15, 0.2) is 20.7 Å². The van der Waals surface area contributed by atoms with E-state index in [0.29, 0.717) is 0 Å². The summed E-state index contributed by atoms with van der Waals surface area (Å²) in [5, 5.41) is 17.8. The van der Waals surface area contributed by atoms with Gasteiger partial charge in [-0.25, -0.2) is 0 Å². The molecule has 0 heterocycles. The van der Waals surface area contributed by atoms with Gasteiger partial charge in [0.15, 0.2) is 0 Å². The molecule has 78 valence electrons. The monoisotopic (exact) mass is 280 g/mol. The summed E-state index contributed by atoms with van der Waals surface area (Å²) in [5.41, 5.74) is 0.0207. The molecule has 1 aliphatic carbocycles. The highest BCUT2D eigenvalue weighted by molar-refractivity contribution is 6.47. The first-order valence-corrected chi connectivity index (χ1v) is 5.33. The molecular formula is C9H4Cl4N2. The van der Waals surface area contributed by atoms with Gasteiger partial charge in [0.25, 0.3) is 0 Å². The standard InChI is InChI=1S/C9H4Cl4N2/c1-9(13)5(3-15)7(11)6(10)4(2-14)8(9)12/h5H,1H3. The van der Waals surface area contributed by atoms with E-state index in [1.165, 1.54) is 6.92 Å². The minimum atomic E-state index is -1.21. The van der Waals surface area contributed by atoms with Crippen LogP contribution < -0.4 is 0 Å². The molecule has 15 heavy (non-hydrogen) atoms. The second-order valence-electron chi connectivity index (χ2n) is 3.10. The van der Waals surface area contributed by atoms with E-state index in [1.54, 1.807) is 0 Å². The molecule has 0 radical (unpaired) electrons. The molecule has 0 bridgehead atoms. The molecule has 0 amide bonds. The van der Waals surface area contributed by atoms with E-state index in [-0.39, 0.29) is 20.7 Å². The van der Waals surface area contributed by atoms with E-state index in [2.05, 4.69) is 0 Å². The van der Waals surface area contributed by atoms with Gasteiger partial charge in [-0.1, -0.05) is 34.8 Å². The van der Waals surface area contributed by atoms with Crippen molar-refractivity contribution in [3.8, 4) is 12.1 Å². The number of hydrogen-bond donors (Lipinski definition) is 0. The summed E-state index contributed by atoms with van der Waals surface area (Å²) in [5.74, 6) is -0.849. The average molecular weight is 282 g/mol. The van der Waals surface area contributed by atoms with Crippen molar-refractivity contribution in [2.45, 2.75) is 11.8 Å². The first-order valence-electron chi connectivity index (χ1n) is 3.82. The maximum atomic E-state index is 8.92. The van der Waals surface area contributed by atoms with Crippen LogP contribution in [-0.2, 0) is 0 Å². The molecule has 0 spiro atoms. The highest BCUT2D eigenvalue weighted by Crippen LogP contribution is 2.49. The predicted molar refractivity (Wildman–Crippen MR) is 60.6 cm³/mol. The van der Waals surface area contributed by atoms with Crippen LogP contribution >= 0.6 is 46.4 Å². The first-order chi connectivity index (χ1) is 6.87. The molecule has 1 aliphatic rings. The zero-order valence-corrected chi connectivity index (χ0v) is 10.5. The normalized spacial score (nSPS) is 31.3. The molecule has 0 saturated carbocycles. The number of nitriles is 2. The van der Waals surface area contributed by atoms with Crippen molar-refractivity contribution >= 4 is 46.4 Å². The van der Waals surface area contributed by atoms with E-state index in [9.17, 15) is 0 Å². The van der Waals surface area contributed by atoms with E-state index < -0.39 is 10.8 Å². The zero-order chi connectivity index (χ0) is 11.8. The van der Waals surface area contributed by atoms with Crippen molar-refractivity contribution in [3.05, 3.63) is 20.7 Å². The fraction of sp³-hybridized carbons (Fsp3) is 0.333. The Morgan fingerprint density at radius 1 is 1.27 bits per heavy atom. The molecule has 0 aromatic rings. The molecule has 0 saturated heterocycles. The van der Waals surface area contributed by atoms with Crippen LogP contribution in [0.1, 0.15) is 6.92 Å². The van der Waals surface area contributed by atoms with Crippen molar-refractivity contribution in [1.82, 2.24) is 0 Å². The van der Waals surface area contributed by atoms with Gasteiger partial charge in [0, 0.05) is 0 Å². The minimum absolute atomic E-state index is 0.00570. The summed E-state index contributed by atoms with van der Waals surface area (Å²) in [6, 6.07) is 3.73. The lowest BCUT2D eigenvalue weighted by Crippen LogP contribution is -2.32. The third kappa shape index (κ3) is 1.84. The minimum Gasteiger partial charge on any atom is -0.198 e. The SMILES string of the molecule is CC1(Cl)C(Cl)=C(C#N)C(Cl)=C(Cl)C1C#N. The summed E-state index contributed by atoms with van der Waals surface area (Å²) in [6.45, 7) is 1.52. The lowest BCUT2D eigenvalue weighted by atomic mass is 9.86. The third-order valence-corrected chi connectivity index (χ3v) is 4.10. The lowest BCUT2D eigenvalue weighted by molar-refractivity contribution is 0.631. The van der Waals surface area contributed by atoms with E-state index in [1.807, 2.05) is 12.1 Å². The predicted octanol–water partition coefficient (Wildman–Crippen LogP) is 3.84. The maximum absolute atomic E-state index is 8.92. The highest BCUT2D eigenvalue weighted by Gasteiger charge is 2.44. The van der Waals surface area contributed by atoms with Gasteiger partial charge in [-0.3, -0.25) is 0 Å². The van der Waals surface area contributed by atoms with Crippen LogP contribution in [0.4, 0.5) is 0 Å². The first kappa shape index (κ1) is 12.7. The Kier molecular flexibility index (Phi) is 3.59. The highest BCUT2D eigenvalue weighted by atomic mass is 35.5. The quantitative estimate of drug-likeness (QED) is 0.633. The Morgan fingerprint density at radius 2 is 1.80 bits per heavy atom. The Morgan fingerprint density at radius 3 is 2.20 bits per heavy atom. The summed E-state index contributed by atoms with van der Waals surface area (Å²) < 4.78 is 0. The van der Waals surface area contributed by atoms with Gasteiger partial charge in [0.1, 0.15) is 12.0 Å². The van der Waals surface area contributed by atoms with E-state index in [0.717, 1.165) is 0 Å². The van der Waals surface area contributed by atoms with Gasteiger partial charge >= 0.3 is 0 Å². The van der Waals surface area contributed by atoms with Gasteiger partial charge in [0.2, 0.25) is 0 Å². The molecule has 2 atom stereocenters. The Labute approximate surface area is 107 Å². The molecular weight excluding hydrogens is 278 g/mol. The molecule has 6 heteroatoms. The fourth-order valence-corrected chi connectivity index (χ4v) is 2.44. The largest absolute Gasteiger partial charge is 0.198 e. The Hall–Kier alpha value is -0.380. The van der Waals surface area contributed by atoms with Gasteiger partial charge in [0.05, 0.1) is 31.6 Å². The van der Waals surface area contributed by atoms with Crippen LogP contribution in [0.5, 0.6) is 0 Å². The van der Waals surface area contributed by atoms with Gasteiger partial charge in [-0.05, 0) is 6.92 Å². The molecule has 0 aromatic carbocycles.